The Bertz CT molecular complexity index is 995. The van der Waals surface area contributed by atoms with E-state index in [4.69, 9.17) is 21.1 Å². The molecule has 1 saturated heterocycles. The first-order chi connectivity index (χ1) is 17.4. The van der Waals surface area contributed by atoms with Gasteiger partial charge < -0.3 is 30.5 Å². The molecule has 3 aliphatic carbocycles. The van der Waals surface area contributed by atoms with E-state index in [9.17, 15) is 32.3 Å². The summed E-state index contributed by atoms with van der Waals surface area (Å²) in [4.78, 5) is 25.1. The number of nitrogens with one attached hydrogen (secondary N) is 3. The highest BCUT2D eigenvalue weighted by molar-refractivity contribution is 6.30. The summed E-state index contributed by atoms with van der Waals surface area (Å²) in [5, 5.41) is 19.0. The van der Waals surface area contributed by atoms with Crippen molar-refractivity contribution >= 4 is 23.4 Å². The SMILES string of the molecule is O=C(COC1CCC(C(F)(F)F)NC1)NC12CCC(NC(=O)COc3ccc(Cl)c(F)c3)(CC1)[C@@H](O)C2. The third kappa shape index (κ3) is 6.65. The third-order valence-electron chi connectivity index (χ3n) is 7.59. The number of carbonyl (C=O) groups excluding carboxylic acids is 2. The van der Waals surface area contributed by atoms with E-state index in [0.29, 0.717) is 25.7 Å². The zero-order valence-electron chi connectivity index (χ0n) is 20.0. The molecule has 37 heavy (non-hydrogen) atoms. The van der Waals surface area contributed by atoms with Gasteiger partial charge in [0.1, 0.15) is 24.2 Å². The average Bonchev–Trinajstić information content (AvgIpc) is 2.84. The lowest BCUT2D eigenvalue weighted by atomic mass is 9.60. The van der Waals surface area contributed by atoms with Gasteiger partial charge >= 0.3 is 6.18 Å². The van der Waals surface area contributed by atoms with Gasteiger partial charge in [0.15, 0.2) is 6.61 Å². The summed E-state index contributed by atoms with van der Waals surface area (Å²) < 4.78 is 62.7. The molecule has 2 amide bonds. The largest absolute Gasteiger partial charge is 0.484 e. The zero-order valence-corrected chi connectivity index (χ0v) is 20.8. The maximum atomic E-state index is 13.5. The number of fused-ring (bicyclic) bond motifs is 3. The lowest BCUT2D eigenvalue weighted by Crippen LogP contribution is -2.70. The Labute approximate surface area is 216 Å². The van der Waals surface area contributed by atoms with Crippen LogP contribution in [-0.2, 0) is 14.3 Å². The van der Waals surface area contributed by atoms with Gasteiger partial charge in [-0.3, -0.25) is 9.59 Å². The summed E-state index contributed by atoms with van der Waals surface area (Å²) in [6.07, 6.45) is -3.45. The first-order valence-corrected chi connectivity index (χ1v) is 12.6. The van der Waals surface area contributed by atoms with E-state index in [0.717, 1.165) is 6.07 Å². The van der Waals surface area contributed by atoms with Gasteiger partial charge in [0.05, 0.1) is 22.8 Å². The molecule has 13 heteroatoms. The Morgan fingerprint density at radius 3 is 2.41 bits per heavy atom. The van der Waals surface area contributed by atoms with Gasteiger partial charge in [0.2, 0.25) is 5.91 Å². The van der Waals surface area contributed by atoms with Crippen molar-refractivity contribution in [2.75, 3.05) is 19.8 Å². The highest BCUT2D eigenvalue weighted by atomic mass is 35.5. The van der Waals surface area contributed by atoms with Crippen molar-refractivity contribution in [2.24, 2.45) is 0 Å². The number of benzene rings is 1. The molecule has 4 N–H and O–H groups in total. The number of piperidine rings is 1. The minimum absolute atomic E-state index is 0.0141. The summed E-state index contributed by atoms with van der Waals surface area (Å²) in [5.41, 5.74) is -1.49. The van der Waals surface area contributed by atoms with E-state index in [2.05, 4.69) is 16.0 Å². The van der Waals surface area contributed by atoms with Gasteiger partial charge in [0, 0.05) is 18.2 Å². The molecule has 1 heterocycles. The van der Waals surface area contributed by atoms with Crippen LogP contribution in [0.4, 0.5) is 17.6 Å². The van der Waals surface area contributed by atoms with E-state index in [1.165, 1.54) is 12.1 Å². The summed E-state index contributed by atoms with van der Waals surface area (Å²) in [5.74, 6) is -1.37. The molecule has 1 aromatic rings. The first kappa shape index (κ1) is 27.9. The number of aliphatic hydroxyl groups is 1. The molecule has 0 aromatic heterocycles. The fourth-order valence-electron chi connectivity index (χ4n) is 5.47. The molecule has 3 saturated carbocycles. The van der Waals surface area contributed by atoms with Gasteiger partial charge in [-0.25, -0.2) is 4.39 Å². The normalized spacial score (nSPS) is 31.6. The molecule has 4 aliphatic rings. The molecule has 8 nitrogen and oxygen atoms in total. The molecule has 5 rings (SSSR count). The fourth-order valence-corrected chi connectivity index (χ4v) is 5.59. The smallest absolute Gasteiger partial charge is 0.403 e. The van der Waals surface area contributed by atoms with Crippen molar-refractivity contribution in [1.82, 2.24) is 16.0 Å². The topological polar surface area (TPSA) is 109 Å². The van der Waals surface area contributed by atoms with Crippen LogP contribution in [0.3, 0.4) is 0 Å². The quantitative estimate of drug-likeness (QED) is 0.370. The standard InChI is InChI=1S/C24H30ClF4N3O5/c25-16-3-1-14(9-17(16)26)36-13-21(35)32-23-7-5-22(6-8-23,10-19(23)33)31-20(34)12-37-15-2-4-18(30-11-15)24(27,28)29/h1,3,9,15,18-19,30,33H,2,4-8,10-13H2,(H,31,34)(H,32,35)/t15?,18?,19-,22?,23?/m0/s1. The molecule has 3 atom stereocenters. The van der Waals surface area contributed by atoms with Gasteiger partial charge in [-0.1, -0.05) is 11.6 Å². The number of ether oxygens (including phenoxy) is 2. The van der Waals surface area contributed by atoms with Crippen molar-refractivity contribution in [3.8, 4) is 5.75 Å². The summed E-state index contributed by atoms with van der Waals surface area (Å²) in [6.45, 7) is -0.639. The second-order valence-electron chi connectivity index (χ2n) is 10.1. The van der Waals surface area contributed by atoms with Crippen LogP contribution < -0.4 is 20.7 Å². The molecule has 2 unspecified atom stereocenters. The van der Waals surface area contributed by atoms with Crippen LogP contribution >= 0.6 is 11.6 Å². The Balaban J connectivity index is 1.21. The summed E-state index contributed by atoms with van der Waals surface area (Å²) >= 11 is 5.64. The predicted octanol–water partition coefficient (Wildman–Crippen LogP) is 2.61. The van der Waals surface area contributed by atoms with E-state index in [-0.39, 0.29) is 49.8 Å². The first-order valence-electron chi connectivity index (χ1n) is 12.2. The predicted molar refractivity (Wildman–Crippen MR) is 125 cm³/mol. The van der Waals surface area contributed by atoms with Gasteiger partial charge in [-0.05, 0) is 57.1 Å². The van der Waals surface area contributed by atoms with Crippen LogP contribution in [0.25, 0.3) is 0 Å². The molecule has 0 radical (unpaired) electrons. The van der Waals surface area contributed by atoms with Gasteiger partial charge in [0.25, 0.3) is 5.91 Å². The van der Waals surface area contributed by atoms with Crippen LogP contribution in [-0.4, -0.2) is 72.2 Å². The van der Waals surface area contributed by atoms with Crippen LogP contribution in [0.2, 0.25) is 5.02 Å². The zero-order chi connectivity index (χ0) is 26.8. The molecule has 1 aromatic carbocycles. The van der Waals surface area contributed by atoms with Gasteiger partial charge in [-0.2, -0.15) is 13.2 Å². The van der Waals surface area contributed by atoms with Crippen molar-refractivity contribution in [2.45, 2.75) is 80.4 Å². The van der Waals surface area contributed by atoms with E-state index in [1.807, 2.05) is 0 Å². The van der Waals surface area contributed by atoms with E-state index in [1.54, 1.807) is 0 Å². The number of aliphatic hydroxyl groups excluding tert-OH is 1. The monoisotopic (exact) mass is 551 g/mol. The molecule has 0 spiro atoms. The van der Waals surface area contributed by atoms with E-state index >= 15 is 0 Å². The summed E-state index contributed by atoms with van der Waals surface area (Å²) in [7, 11) is 0. The fraction of sp³-hybridized carbons (Fsp3) is 0.667. The highest BCUT2D eigenvalue weighted by Crippen LogP contribution is 2.47. The molecular formula is C24H30ClF4N3O5. The molecule has 2 bridgehead atoms. The molecule has 1 aliphatic heterocycles. The van der Waals surface area contributed by atoms with Crippen LogP contribution in [0.1, 0.15) is 44.9 Å². The number of amides is 2. The minimum atomic E-state index is -4.30. The number of halogens is 5. The molecule has 206 valence electrons. The van der Waals surface area contributed by atoms with Crippen molar-refractivity contribution < 1.29 is 41.7 Å². The van der Waals surface area contributed by atoms with E-state index < -0.39 is 53.1 Å². The Hall–Kier alpha value is -2.15. The minimum Gasteiger partial charge on any atom is -0.484 e. The maximum absolute atomic E-state index is 13.5. The highest BCUT2D eigenvalue weighted by Gasteiger charge is 2.55. The van der Waals surface area contributed by atoms with Crippen molar-refractivity contribution in [1.29, 1.82) is 0 Å². The van der Waals surface area contributed by atoms with Crippen LogP contribution in [0.15, 0.2) is 18.2 Å². The Morgan fingerprint density at radius 1 is 1.11 bits per heavy atom. The lowest BCUT2D eigenvalue weighted by molar-refractivity contribution is -0.166. The van der Waals surface area contributed by atoms with Crippen molar-refractivity contribution in [3.05, 3.63) is 29.0 Å². The maximum Gasteiger partial charge on any atom is 0.403 e. The van der Waals surface area contributed by atoms with Crippen LogP contribution in [0, 0.1) is 5.82 Å². The molecule has 4 fully saturated rings. The number of hydrogen-bond donors (Lipinski definition) is 4. The van der Waals surface area contributed by atoms with Crippen LogP contribution in [0.5, 0.6) is 5.75 Å². The number of alkyl halides is 3. The summed E-state index contributed by atoms with van der Waals surface area (Å²) in [6, 6.07) is 2.29. The number of rotatable bonds is 8. The molecular weight excluding hydrogens is 522 g/mol. The Morgan fingerprint density at radius 2 is 1.81 bits per heavy atom. The number of carbonyl (C=O) groups is 2. The average molecular weight is 552 g/mol. The second kappa shape index (κ2) is 10.9. The third-order valence-corrected chi connectivity index (χ3v) is 7.90. The lowest BCUT2D eigenvalue weighted by Gasteiger charge is -2.56. The second-order valence-corrected chi connectivity index (χ2v) is 10.5. The van der Waals surface area contributed by atoms with Gasteiger partial charge in [-0.15, -0.1) is 0 Å². The number of hydrogen-bond acceptors (Lipinski definition) is 6. The van der Waals surface area contributed by atoms with Crippen molar-refractivity contribution in [3.63, 3.8) is 0 Å². The Kier molecular flexibility index (Phi) is 8.22.